The van der Waals surface area contributed by atoms with Crippen molar-refractivity contribution in [1.82, 2.24) is 18.9 Å². The molecule has 40 heavy (non-hydrogen) atoms. The third-order valence-electron chi connectivity index (χ3n) is 8.60. The summed E-state index contributed by atoms with van der Waals surface area (Å²) in [4.78, 5) is 10.2. The Kier molecular flexibility index (Phi) is 3.65. The van der Waals surface area contributed by atoms with Gasteiger partial charge < -0.3 is 4.57 Å². The third-order valence-corrected chi connectivity index (χ3v) is 8.60. The van der Waals surface area contributed by atoms with Gasteiger partial charge in [-0.05, 0) is 53.2 Å². The van der Waals surface area contributed by atoms with Crippen LogP contribution in [0.1, 0.15) is 0 Å². The molecule has 4 heteroatoms. The molecule has 0 amide bonds. The van der Waals surface area contributed by atoms with Gasteiger partial charge in [-0.25, -0.2) is 9.97 Å². The van der Waals surface area contributed by atoms with E-state index in [4.69, 9.17) is 9.97 Å². The van der Waals surface area contributed by atoms with Crippen LogP contribution in [0.5, 0.6) is 0 Å². The minimum absolute atomic E-state index is 0.914. The van der Waals surface area contributed by atoms with Crippen molar-refractivity contribution < 1.29 is 0 Å². The summed E-state index contributed by atoms with van der Waals surface area (Å²) in [5.74, 6) is 0. The lowest BCUT2D eigenvalue weighted by atomic mass is 10.0. The number of nitrogens with zero attached hydrogens (tertiary/aromatic N) is 4. The first kappa shape index (κ1) is 20.5. The van der Waals surface area contributed by atoms with Gasteiger partial charge in [0, 0.05) is 32.6 Å². The lowest BCUT2D eigenvalue weighted by Crippen LogP contribution is -1.94. The van der Waals surface area contributed by atoms with E-state index >= 15 is 0 Å². The maximum absolute atomic E-state index is 5.14. The summed E-state index contributed by atoms with van der Waals surface area (Å²) < 4.78 is 4.74. The molecule has 0 aliphatic carbocycles. The van der Waals surface area contributed by atoms with Gasteiger partial charge in [0.05, 0.1) is 33.1 Å². The van der Waals surface area contributed by atoms with Gasteiger partial charge in [0.1, 0.15) is 5.52 Å². The Labute approximate surface area is 227 Å². The molecule has 0 saturated heterocycles. The topological polar surface area (TPSA) is 35.1 Å². The van der Waals surface area contributed by atoms with E-state index in [1.165, 1.54) is 60.1 Å². The molecule has 0 spiro atoms. The van der Waals surface area contributed by atoms with E-state index in [1.807, 2.05) is 24.3 Å². The van der Waals surface area contributed by atoms with E-state index in [0.29, 0.717) is 0 Å². The zero-order chi connectivity index (χ0) is 25.9. The van der Waals surface area contributed by atoms with Gasteiger partial charge in [-0.15, -0.1) is 0 Å². The molecule has 0 bridgehead atoms. The molecule has 0 radical (unpaired) electrons. The molecular formula is C36H20N4. The lowest BCUT2D eigenvalue weighted by molar-refractivity contribution is 1.19. The normalized spacial score (nSPS) is 12.5. The minimum atomic E-state index is 0.914. The van der Waals surface area contributed by atoms with E-state index in [2.05, 4.69) is 106 Å². The molecule has 10 rings (SSSR count). The van der Waals surface area contributed by atoms with Crippen molar-refractivity contribution >= 4 is 82.0 Å². The Hall–Kier alpha value is -5.48. The first-order chi connectivity index (χ1) is 19.8. The van der Waals surface area contributed by atoms with E-state index in [1.54, 1.807) is 0 Å². The zero-order valence-corrected chi connectivity index (χ0v) is 21.3. The molecule has 184 valence electrons. The van der Waals surface area contributed by atoms with Crippen molar-refractivity contribution in [3.05, 3.63) is 121 Å². The van der Waals surface area contributed by atoms with Crippen molar-refractivity contribution in [1.29, 1.82) is 0 Å². The van der Waals surface area contributed by atoms with Crippen molar-refractivity contribution in [2.75, 3.05) is 0 Å². The van der Waals surface area contributed by atoms with Crippen molar-refractivity contribution in [3.8, 4) is 5.69 Å². The van der Waals surface area contributed by atoms with Crippen LogP contribution in [0, 0.1) is 0 Å². The number of fused-ring (bicyclic) bond motifs is 12. The second-order valence-electron chi connectivity index (χ2n) is 10.7. The first-order valence-corrected chi connectivity index (χ1v) is 13.6. The molecule has 0 fully saturated rings. The fourth-order valence-electron chi connectivity index (χ4n) is 6.95. The van der Waals surface area contributed by atoms with Crippen LogP contribution in [0.2, 0.25) is 0 Å². The highest BCUT2D eigenvalue weighted by Crippen LogP contribution is 2.44. The number of benzene rings is 6. The van der Waals surface area contributed by atoms with Crippen molar-refractivity contribution in [3.63, 3.8) is 0 Å². The second kappa shape index (κ2) is 7.13. The quantitative estimate of drug-likeness (QED) is 0.222. The lowest BCUT2D eigenvalue weighted by Gasteiger charge is -2.09. The highest BCUT2D eigenvalue weighted by molar-refractivity contribution is 6.32. The predicted molar refractivity (Wildman–Crippen MR) is 166 cm³/mol. The molecule has 10 aromatic rings. The number of aromatic nitrogens is 4. The van der Waals surface area contributed by atoms with Crippen LogP contribution in [0.15, 0.2) is 121 Å². The molecule has 0 saturated carbocycles. The standard InChI is InChI=1S/C36H20N4/c1-2-9-22-20-23(17-16-21(22)8-1)39-29-15-6-3-10-24(29)32-30(39)18-19-31-33(32)25-11-7-12-26-34-36(40(31)35(25)26)38-28-14-5-4-13-27(28)37-34/h1-20H. The number of hydrogen-bond acceptors (Lipinski definition) is 2. The summed E-state index contributed by atoms with van der Waals surface area (Å²) in [5, 5.41) is 8.68. The predicted octanol–water partition coefficient (Wildman–Crippen LogP) is 9.03. The van der Waals surface area contributed by atoms with Crippen LogP contribution in [-0.4, -0.2) is 18.9 Å². The van der Waals surface area contributed by atoms with Gasteiger partial charge in [0.15, 0.2) is 5.65 Å². The Balaban J connectivity index is 1.41. The summed E-state index contributed by atoms with van der Waals surface area (Å²) in [6.45, 7) is 0. The average molecular weight is 509 g/mol. The van der Waals surface area contributed by atoms with E-state index in [0.717, 1.165) is 27.6 Å². The van der Waals surface area contributed by atoms with Gasteiger partial charge >= 0.3 is 0 Å². The molecule has 0 unspecified atom stereocenters. The van der Waals surface area contributed by atoms with Crippen LogP contribution in [-0.2, 0) is 0 Å². The zero-order valence-electron chi connectivity index (χ0n) is 21.3. The van der Waals surface area contributed by atoms with Gasteiger partial charge in [-0.2, -0.15) is 0 Å². The van der Waals surface area contributed by atoms with Crippen LogP contribution in [0.25, 0.3) is 87.7 Å². The molecule has 0 aliphatic rings. The van der Waals surface area contributed by atoms with Crippen LogP contribution < -0.4 is 0 Å². The Morgan fingerprint density at radius 2 is 1.18 bits per heavy atom. The van der Waals surface area contributed by atoms with Crippen LogP contribution in [0.4, 0.5) is 0 Å². The monoisotopic (exact) mass is 508 g/mol. The summed E-state index contributed by atoms with van der Waals surface area (Å²) in [5.41, 5.74) is 9.66. The Morgan fingerprint density at radius 1 is 0.475 bits per heavy atom. The fourth-order valence-corrected chi connectivity index (χ4v) is 6.95. The van der Waals surface area contributed by atoms with E-state index < -0.39 is 0 Å². The Bertz CT molecular complexity index is 2660. The number of rotatable bonds is 1. The van der Waals surface area contributed by atoms with Gasteiger partial charge in [0.2, 0.25) is 0 Å². The van der Waals surface area contributed by atoms with Gasteiger partial charge in [-0.1, -0.05) is 78.9 Å². The molecule has 4 aromatic heterocycles. The highest BCUT2D eigenvalue weighted by Gasteiger charge is 2.23. The molecule has 4 nitrogen and oxygen atoms in total. The van der Waals surface area contributed by atoms with Gasteiger partial charge in [-0.3, -0.25) is 4.40 Å². The van der Waals surface area contributed by atoms with Crippen molar-refractivity contribution in [2.24, 2.45) is 0 Å². The summed E-state index contributed by atoms with van der Waals surface area (Å²) in [7, 11) is 0. The maximum atomic E-state index is 5.14. The first-order valence-electron chi connectivity index (χ1n) is 13.6. The molecule has 6 aromatic carbocycles. The third kappa shape index (κ3) is 2.42. The van der Waals surface area contributed by atoms with Crippen LogP contribution in [0.3, 0.4) is 0 Å². The summed E-state index contributed by atoms with van der Waals surface area (Å²) in [6.07, 6.45) is 0. The van der Waals surface area contributed by atoms with E-state index in [9.17, 15) is 0 Å². The molecule has 4 heterocycles. The summed E-state index contributed by atoms with van der Waals surface area (Å²) >= 11 is 0. The smallest absolute Gasteiger partial charge is 0.165 e. The van der Waals surface area contributed by atoms with Crippen LogP contribution >= 0.6 is 0 Å². The molecule has 0 N–H and O–H groups in total. The molecular weight excluding hydrogens is 488 g/mol. The SMILES string of the molecule is c1ccc2cc(-n3c4ccccc4c4c5c6cccc7c8nc9ccccc9nc8n(c5ccc43)c76)ccc2c1. The van der Waals surface area contributed by atoms with Crippen molar-refractivity contribution in [2.45, 2.75) is 0 Å². The maximum Gasteiger partial charge on any atom is 0.165 e. The molecule has 0 aliphatic heterocycles. The number of para-hydroxylation sites is 4. The average Bonchev–Trinajstić information content (AvgIpc) is 3.64. The second-order valence-corrected chi connectivity index (χ2v) is 10.7. The number of hydrogen-bond donors (Lipinski definition) is 0. The minimum Gasteiger partial charge on any atom is -0.309 e. The highest BCUT2D eigenvalue weighted by atomic mass is 15.0. The fraction of sp³-hybridized carbons (Fsp3) is 0. The van der Waals surface area contributed by atoms with E-state index in [-0.39, 0.29) is 0 Å². The Morgan fingerprint density at radius 3 is 2.10 bits per heavy atom. The van der Waals surface area contributed by atoms with Gasteiger partial charge in [0.25, 0.3) is 0 Å². The molecule has 0 atom stereocenters. The summed E-state index contributed by atoms with van der Waals surface area (Å²) in [6, 6.07) is 43.4. The largest absolute Gasteiger partial charge is 0.309 e.